The SMILES string of the molecule is CCCCCCCCCCC(O)CN(CC(O)CCCCCCCCCC)SCCCCC. The topological polar surface area (TPSA) is 43.7 Å². The molecule has 0 saturated heterocycles. The van der Waals surface area contributed by atoms with Crippen molar-refractivity contribution in [2.45, 2.75) is 168 Å². The molecule has 2 unspecified atom stereocenters. The van der Waals surface area contributed by atoms with Crippen molar-refractivity contribution < 1.29 is 10.2 Å². The van der Waals surface area contributed by atoms with Crippen LogP contribution in [0.3, 0.4) is 0 Å². The molecule has 4 heteroatoms. The molecule has 0 aromatic heterocycles. The summed E-state index contributed by atoms with van der Waals surface area (Å²) in [7, 11) is 0. The first-order valence-electron chi connectivity index (χ1n) is 14.9. The molecule has 0 saturated carbocycles. The third kappa shape index (κ3) is 25.1. The van der Waals surface area contributed by atoms with Gasteiger partial charge in [-0.05, 0) is 19.3 Å². The highest BCUT2D eigenvalue weighted by atomic mass is 32.2. The fourth-order valence-corrected chi connectivity index (χ4v) is 5.55. The minimum absolute atomic E-state index is 0.265. The van der Waals surface area contributed by atoms with Gasteiger partial charge in [0, 0.05) is 18.8 Å². The zero-order chi connectivity index (χ0) is 24.4. The normalized spacial score (nSPS) is 13.6. The molecule has 3 nitrogen and oxygen atoms in total. The van der Waals surface area contributed by atoms with Crippen molar-refractivity contribution in [2.24, 2.45) is 0 Å². The Labute approximate surface area is 213 Å². The van der Waals surface area contributed by atoms with Crippen LogP contribution in [-0.2, 0) is 0 Å². The number of hydrogen-bond acceptors (Lipinski definition) is 4. The van der Waals surface area contributed by atoms with Gasteiger partial charge in [-0.2, -0.15) is 0 Å². The van der Waals surface area contributed by atoms with Crippen molar-refractivity contribution in [2.75, 3.05) is 18.8 Å². The lowest BCUT2D eigenvalue weighted by Crippen LogP contribution is -2.34. The lowest BCUT2D eigenvalue weighted by Gasteiger charge is -2.26. The quantitative estimate of drug-likeness (QED) is 0.0896. The maximum Gasteiger partial charge on any atom is 0.0676 e. The van der Waals surface area contributed by atoms with Crippen LogP contribution < -0.4 is 0 Å². The molecule has 2 N–H and O–H groups in total. The Bertz CT molecular complexity index is 342. The molecule has 0 amide bonds. The molecule has 0 aromatic carbocycles. The van der Waals surface area contributed by atoms with Gasteiger partial charge in [-0.1, -0.05) is 148 Å². The lowest BCUT2D eigenvalue weighted by molar-refractivity contribution is 0.101. The third-order valence-corrected chi connectivity index (χ3v) is 7.77. The molecule has 0 rings (SSSR count). The van der Waals surface area contributed by atoms with E-state index in [-0.39, 0.29) is 12.2 Å². The van der Waals surface area contributed by atoms with Gasteiger partial charge in [-0.25, -0.2) is 4.31 Å². The average molecular weight is 488 g/mol. The fraction of sp³-hybridized carbons (Fsp3) is 1.00. The first kappa shape index (κ1) is 33.2. The van der Waals surface area contributed by atoms with Crippen molar-refractivity contribution in [3.8, 4) is 0 Å². The minimum Gasteiger partial charge on any atom is -0.392 e. The molecule has 200 valence electrons. The highest BCUT2D eigenvalue weighted by Crippen LogP contribution is 2.19. The number of nitrogens with zero attached hydrogens (tertiary/aromatic N) is 1. The van der Waals surface area contributed by atoms with Crippen molar-refractivity contribution in [1.82, 2.24) is 4.31 Å². The highest BCUT2D eigenvalue weighted by Gasteiger charge is 2.16. The van der Waals surface area contributed by atoms with Crippen LogP contribution in [0.5, 0.6) is 0 Å². The van der Waals surface area contributed by atoms with E-state index >= 15 is 0 Å². The van der Waals surface area contributed by atoms with Gasteiger partial charge < -0.3 is 10.2 Å². The molecular weight excluding hydrogens is 426 g/mol. The largest absolute Gasteiger partial charge is 0.392 e. The smallest absolute Gasteiger partial charge is 0.0676 e. The summed E-state index contributed by atoms with van der Waals surface area (Å²) in [5.41, 5.74) is 0. The molecule has 0 heterocycles. The van der Waals surface area contributed by atoms with Gasteiger partial charge in [0.1, 0.15) is 0 Å². The summed E-state index contributed by atoms with van der Waals surface area (Å²) in [6.07, 6.45) is 25.9. The van der Waals surface area contributed by atoms with E-state index in [0.717, 1.165) is 31.4 Å². The predicted octanol–water partition coefficient (Wildman–Crippen LogP) is 8.91. The van der Waals surface area contributed by atoms with Crippen LogP contribution in [-0.4, -0.2) is 45.6 Å². The Morgan fingerprint density at radius 2 is 0.818 bits per heavy atom. The fourth-order valence-electron chi connectivity index (χ4n) is 4.41. The van der Waals surface area contributed by atoms with Crippen LogP contribution >= 0.6 is 11.9 Å². The average Bonchev–Trinajstić information content (AvgIpc) is 2.80. The van der Waals surface area contributed by atoms with Crippen LogP contribution in [0.1, 0.15) is 156 Å². The first-order chi connectivity index (χ1) is 16.1. The van der Waals surface area contributed by atoms with E-state index in [4.69, 9.17) is 0 Å². The third-order valence-electron chi connectivity index (χ3n) is 6.63. The molecule has 0 aliphatic heterocycles. The van der Waals surface area contributed by atoms with Crippen molar-refractivity contribution in [3.63, 3.8) is 0 Å². The number of unbranched alkanes of at least 4 members (excludes halogenated alkanes) is 16. The number of aliphatic hydroxyl groups excluding tert-OH is 2. The van der Waals surface area contributed by atoms with Gasteiger partial charge in [0.15, 0.2) is 0 Å². The predicted molar refractivity (Wildman–Crippen MR) is 150 cm³/mol. The molecule has 33 heavy (non-hydrogen) atoms. The standard InChI is InChI=1S/C29H61NO2S/c1-4-7-10-12-14-16-18-20-23-28(31)26-30(33-25-22-9-6-3)27-29(32)24-21-19-17-15-13-11-8-5-2/h28-29,31-32H,4-27H2,1-3H3. The van der Waals surface area contributed by atoms with Crippen LogP contribution in [0.4, 0.5) is 0 Å². The summed E-state index contributed by atoms with van der Waals surface area (Å²) in [4.78, 5) is 0. The summed E-state index contributed by atoms with van der Waals surface area (Å²) in [5.74, 6) is 1.10. The summed E-state index contributed by atoms with van der Waals surface area (Å²) in [6.45, 7) is 8.16. The summed E-state index contributed by atoms with van der Waals surface area (Å²) >= 11 is 1.84. The molecular formula is C29H61NO2S. The van der Waals surface area contributed by atoms with Gasteiger partial charge in [0.25, 0.3) is 0 Å². The van der Waals surface area contributed by atoms with Crippen molar-refractivity contribution in [3.05, 3.63) is 0 Å². The van der Waals surface area contributed by atoms with Crippen LogP contribution in [0, 0.1) is 0 Å². The van der Waals surface area contributed by atoms with Gasteiger partial charge in [-0.3, -0.25) is 0 Å². The Balaban J connectivity index is 4.04. The Kier molecular flexibility index (Phi) is 27.0. The number of aliphatic hydroxyl groups is 2. The van der Waals surface area contributed by atoms with Gasteiger partial charge in [-0.15, -0.1) is 0 Å². The monoisotopic (exact) mass is 487 g/mol. The lowest BCUT2D eigenvalue weighted by atomic mass is 10.0. The second kappa shape index (κ2) is 26.8. The zero-order valence-corrected chi connectivity index (χ0v) is 23.7. The minimum atomic E-state index is -0.265. The Hall–Kier alpha value is 0.230. The molecule has 0 aromatic rings. The van der Waals surface area contributed by atoms with E-state index < -0.39 is 0 Å². The second-order valence-corrected chi connectivity index (χ2v) is 11.4. The van der Waals surface area contributed by atoms with E-state index in [2.05, 4.69) is 25.1 Å². The van der Waals surface area contributed by atoms with Crippen LogP contribution in [0.15, 0.2) is 0 Å². The van der Waals surface area contributed by atoms with E-state index in [0.29, 0.717) is 13.1 Å². The molecule has 0 bridgehead atoms. The first-order valence-corrected chi connectivity index (χ1v) is 15.8. The van der Waals surface area contributed by atoms with E-state index in [1.165, 1.54) is 109 Å². The van der Waals surface area contributed by atoms with Crippen molar-refractivity contribution in [1.29, 1.82) is 0 Å². The van der Waals surface area contributed by atoms with Gasteiger partial charge >= 0.3 is 0 Å². The zero-order valence-electron chi connectivity index (χ0n) is 22.9. The highest BCUT2D eigenvalue weighted by molar-refractivity contribution is 7.97. The summed E-state index contributed by atoms with van der Waals surface area (Å²) in [5, 5.41) is 21.2. The van der Waals surface area contributed by atoms with E-state index in [9.17, 15) is 10.2 Å². The van der Waals surface area contributed by atoms with Crippen molar-refractivity contribution >= 4 is 11.9 Å². The van der Waals surface area contributed by atoms with Crippen LogP contribution in [0.25, 0.3) is 0 Å². The Morgan fingerprint density at radius 1 is 0.485 bits per heavy atom. The van der Waals surface area contributed by atoms with E-state index in [1.807, 2.05) is 11.9 Å². The number of hydrogen-bond donors (Lipinski definition) is 2. The van der Waals surface area contributed by atoms with E-state index in [1.54, 1.807) is 0 Å². The Morgan fingerprint density at radius 3 is 1.21 bits per heavy atom. The molecule has 2 atom stereocenters. The molecule has 0 aliphatic rings. The van der Waals surface area contributed by atoms with Crippen LogP contribution in [0.2, 0.25) is 0 Å². The molecule has 0 aliphatic carbocycles. The second-order valence-electron chi connectivity index (χ2n) is 10.2. The van der Waals surface area contributed by atoms with Gasteiger partial charge in [0.2, 0.25) is 0 Å². The van der Waals surface area contributed by atoms with Gasteiger partial charge in [0.05, 0.1) is 12.2 Å². The molecule has 0 spiro atoms. The summed E-state index contributed by atoms with van der Waals surface area (Å²) < 4.78 is 2.26. The number of rotatable bonds is 27. The molecule has 0 fully saturated rings. The molecule has 0 radical (unpaired) electrons. The summed E-state index contributed by atoms with van der Waals surface area (Å²) in [6, 6.07) is 0. The maximum atomic E-state index is 10.6. The maximum absolute atomic E-state index is 10.6.